The second-order valence-corrected chi connectivity index (χ2v) is 3.79. The summed E-state index contributed by atoms with van der Waals surface area (Å²) in [5, 5.41) is 7.02. The Hall–Kier alpha value is -1.69. The number of ether oxygens (including phenoxy) is 1. The molecule has 0 atom stereocenters. The van der Waals surface area contributed by atoms with Crippen molar-refractivity contribution >= 4 is 17.3 Å². The third kappa shape index (κ3) is 2.27. The van der Waals surface area contributed by atoms with E-state index in [1.54, 1.807) is 18.4 Å². The monoisotopic (exact) mass is 236 g/mol. The molecule has 0 bridgehead atoms. The first-order valence-electron chi connectivity index (χ1n) is 4.90. The minimum absolute atomic E-state index is 0.326. The lowest BCUT2D eigenvalue weighted by Gasteiger charge is -2.05. The molecule has 0 aliphatic carbocycles. The van der Waals surface area contributed by atoms with Crippen LogP contribution < -0.4 is 10.1 Å². The molecule has 6 heteroatoms. The van der Waals surface area contributed by atoms with Crippen LogP contribution in [-0.4, -0.2) is 28.6 Å². The summed E-state index contributed by atoms with van der Waals surface area (Å²) >= 11 is 1.61. The molecule has 0 amide bonds. The molecule has 5 nitrogen and oxygen atoms in total. The van der Waals surface area contributed by atoms with Crippen molar-refractivity contribution in [3.8, 4) is 17.4 Å². The Morgan fingerprint density at radius 3 is 2.88 bits per heavy atom. The number of aromatic nitrogens is 3. The van der Waals surface area contributed by atoms with Crippen LogP contribution in [0.1, 0.15) is 6.92 Å². The number of nitrogens with zero attached hydrogens (tertiary/aromatic N) is 3. The second-order valence-electron chi connectivity index (χ2n) is 3.01. The standard InChI is InChI=1S/C10H12N4OS/c1-3-11-9-12-8(7-4-5-16-6-7)13-10(14-9)15-2/h4-6H,3H2,1-2H3,(H,11,12,13,14). The van der Waals surface area contributed by atoms with Gasteiger partial charge in [0.2, 0.25) is 5.95 Å². The van der Waals surface area contributed by atoms with Crippen LogP contribution in [0.2, 0.25) is 0 Å². The predicted molar refractivity (Wildman–Crippen MR) is 63.9 cm³/mol. The van der Waals surface area contributed by atoms with E-state index in [0.29, 0.717) is 17.8 Å². The van der Waals surface area contributed by atoms with Crippen LogP contribution in [0.5, 0.6) is 6.01 Å². The molecule has 0 radical (unpaired) electrons. The smallest absolute Gasteiger partial charge is 0.321 e. The third-order valence-electron chi connectivity index (χ3n) is 1.91. The molecule has 2 aromatic rings. The summed E-state index contributed by atoms with van der Waals surface area (Å²) < 4.78 is 5.04. The van der Waals surface area contributed by atoms with Gasteiger partial charge in [0.15, 0.2) is 5.82 Å². The molecule has 0 aliphatic rings. The van der Waals surface area contributed by atoms with Gasteiger partial charge in [-0.2, -0.15) is 26.3 Å². The zero-order chi connectivity index (χ0) is 11.4. The highest BCUT2D eigenvalue weighted by atomic mass is 32.1. The fraction of sp³-hybridized carbons (Fsp3) is 0.300. The van der Waals surface area contributed by atoms with E-state index in [2.05, 4.69) is 20.3 Å². The van der Waals surface area contributed by atoms with Crippen LogP contribution >= 0.6 is 11.3 Å². The van der Waals surface area contributed by atoms with Crippen LogP contribution in [0.3, 0.4) is 0 Å². The number of rotatable bonds is 4. The van der Waals surface area contributed by atoms with Gasteiger partial charge >= 0.3 is 6.01 Å². The lowest BCUT2D eigenvalue weighted by Crippen LogP contribution is -2.06. The van der Waals surface area contributed by atoms with Crippen molar-refractivity contribution in [3.63, 3.8) is 0 Å². The second kappa shape index (κ2) is 4.89. The maximum Gasteiger partial charge on any atom is 0.321 e. The summed E-state index contributed by atoms with van der Waals surface area (Å²) in [6.07, 6.45) is 0. The third-order valence-corrected chi connectivity index (χ3v) is 2.59. The zero-order valence-electron chi connectivity index (χ0n) is 9.10. The minimum Gasteiger partial charge on any atom is -0.467 e. The SMILES string of the molecule is CCNc1nc(OC)nc(-c2ccsc2)n1. The topological polar surface area (TPSA) is 59.9 Å². The summed E-state index contributed by atoms with van der Waals surface area (Å²) in [6.45, 7) is 2.75. The summed E-state index contributed by atoms with van der Waals surface area (Å²) in [5.74, 6) is 1.17. The molecule has 0 fully saturated rings. The molecule has 1 N–H and O–H groups in total. The van der Waals surface area contributed by atoms with E-state index in [4.69, 9.17) is 4.74 Å². The molecular weight excluding hydrogens is 224 g/mol. The maximum atomic E-state index is 5.04. The Morgan fingerprint density at radius 1 is 1.38 bits per heavy atom. The molecule has 2 heterocycles. The van der Waals surface area contributed by atoms with E-state index >= 15 is 0 Å². The van der Waals surface area contributed by atoms with E-state index in [0.717, 1.165) is 12.1 Å². The highest BCUT2D eigenvalue weighted by Gasteiger charge is 2.08. The zero-order valence-corrected chi connectivity index (χ0v) is 9.91. The molecule has 2 rings (SSSR count). The summed E-state index contributed by atoms with van der Waals surface area (Å²) in [4.78, 5) is 12.6. The fourth-order valence-corrected chi connectivity index (χ4v) is 1.84. The number of nitrogens with one attached hydrogen (secondary N) is 1. The van der Waals surface area contributed by atoms with Crippen LogP contribution in [0, 0.1) is 0 Å². The van der Waals surface area contributed by atoms with Crippen LogP contribution in [-0.2, 0) is 0 Å². The number of hydrogen-bond acceptors (Lipinski definition) is 6. The van der Waals surface area contributed by atoms with Crippen molar-refractivity contribution in [2.75, 3.05) is 19.0 Å². The van der Waals surface area contributed by atoms with Gasteiger partial charge in [-0.05, 0) is 18.4 Å². The highest BCUT2D eigenvalue weighted by molar-refractivity contribution is 7.08. The van der Waals surface area contributed by atoms with Gasteiger partial charge in [0.05, 0.1) is 7.11 Å². The van der Waals surface area contributed by atoms with Gasteiger partial charge in [-0.1, -0.05) is 0 Å². The van der Waals surface area contributed by atoms with Crippen molar-refractivity contribution in [1.82, 2.24) is 15.0 Å². The Bertz CT molecular complexity index is 458. The van der Waals surface area contributed by atoms with Crippen LogP contribution in [0.4, 0.5) is 5.95 Å². The molecule has 0 aliphatic heterocycles. The van der Waals surface area contributed by atoms with Gasteiger partial charge < -0.3 is 10.1 Å². The molecule has 0 saturated carbocycles. The Morgan fingerprint density at radius 2 is 2.25 bits per heavy atom. The normalized spacial score (nSPS) is 10.1. The fourth-order valence-electron chi connectivity index (χ4n) is 1.21. The van der Waals surface area contributed by atoms with Crippen molar-refractivity contribution < 1.29 is 4.74 Å². The van der Waals surface area contributed by atoms with E-state index in [9.17, 15) is 0 Å². The van der Waals surface area contributed by atoms with Crippen molar-refractivity contribution in [2.45, 2.75) is 6.92 Å². The van der Waals surface area contributed by atoms with E-state index in [1.807, 2.05) is 23.8 Å². The van der Waals surface area contributed by atoms with Crippen LogP contribution in [0.15, 0.2) is 16.8 Å². The summed E-state index contributed by atoms with van der Waals surface area (Å²) in [7, 11) is 1.54. The largest absolute Gasteiger partial charge is 0.467 e. The minimum atomic E-state index is 0.326. The molecule has 2 aromatic heterocycles. The van der Waals surface area contributed by atoms with Gasteiger partial charge in [0.1, 0.15) is 0 Å². The van der Waals surface area contributed by atoms with Crippen LogP contribution in [0.25, 0.3) is 11.4 Å². The van der Waals surface area contributed by atoms with Gasteiger partial charge in [-0.15, -0.1) is 0 Å². The molecule has 16 heavy (non-hydrogen) atoms. The van der Waals surface area contributed by atoms with E-state index in [-0.39, 0.29) is 0 Å². The van der Waals surface area contributed by atoms with Gasteiger partial charge in [-0.3, -0.25) is 0 Å². The molecule has 0 unspecified atom stereocenters. The maximum absolute atomic E-state index is 5.04. The van der Waals surface area contributed by atoms with E-state index < -0.39 is 0 Å². The summed E-state index contributed by atoms with van der Waals surface area (Å²) in [5.41, 5.74) is 0.977. The van der Waals surface area contributed by atoms with Gasteiger partial charge in [-0.25, -0.2) is 0 Å². The number of methoxy groups -OCH3 is 1. The number of anilines is 1. The van der Waals surface area contributed by atoms with Gasteiger partial charge in [0.25, 0.3) is 0 Å². The lowest BCUT2D eigenvalue weighted by atomic mass is 10.3. The first-order valence-corrected chi connectivity index (χ1v) is 5.84. The van der Waals surface area contributed by atoms with Crippen molar-refractivity contribution in [1.29, 1.82) is 0 Å². The average Bonchev–Trinajstić information content (AvgIpc) is 2.82. The highest BCUT2D eigenvalue weighted by Crippen LogP contribution is 2.20. The molecule has 84 valence electrons. The quantitative estimate of drug-likeness (QED) is 0.880. The van der Waals surface area contributed by atoms with Gasteiger partial charge in [0, 0.05) is 17.5 Å². The summed E-state index contributed by atoms with van der Waals surface area (Å²) in [6, 6.07) is 2.29. The molecule has 0 spiro atoms. The lowest BCUT2D eigenvalue weighted by molar-refractivity contribution is 0.379. The number of thiophene rings is 1. The Labute approximate surface area is 97.5 Å². The molecular formula is C10H12N4OS. The average molecular weight is 236 g/mol. The number of hydrogen-bond donors (Lipinski definition) is 1. The van der Waals surface area contributed by atoms with Crippen molar-refractivity contribution in [2.24, 2.45) is 0 Å². The first kappa shape index (κ1) is 10.8. The predicted octanol–water partition coefficient (Wildman–Crippen LogP) is 2.04. The Kier molecular flexibility index (Phi) is 3.31. The molecule has 0 aromatic carbocycles. The molecule has 0 saturated heterocycles. The first-order chi connectivity index (χ1) is 7.83. The van der Waals surface area contributed by atoms with E-state index in [1.165, 1.54) is 0 Å². The van der Waals surface area contributed by atoms with Crippen molar-refractivity contribution in [3.05, 3.63) is 16.8 Å². The Balaban J connectivity index is 2.41.